The molecule has 0 bridgehead atoms. The maximum Gasteiger partial charge on any atom is 0.170 e. The van der Waals surface area contributed by atoms with Crippen molar-refractivity contribution >= 4 is 23.0 Å². The Labute approximate surface area is 139 Å². The molecule has 2 atom stereocenters. The number of methoxy groups -OCH3 is 1. The molecule has 122 valence electrons. The minimum absolute atomic E-state index is 0.486. The molecular formula is C17H27N3OS. The van der Waals surface area contributed by atoms with Gasteiger partial charge in [0.05, 0.1) is 7.11 Å². The second kappa shape index (κ2) is 8.34. The Morgan fingerprint density at radius 2 is 2.27 bits per heavy atom. The molecule has 0 spiro atoms. The van der Waals surface area contributed by atoms with Crippen LogP contribution < -0.4 is 15.4 Å². The second-order valence-electron chi connectivity index (χ2n) is 6.00. The Hall–Kier alpha value is -1.33. The Morgan fingerprint density at radius 1 is 1.45 bits per heavy atom. The number of benzene rings is 1. The van der Waals surface area contributed by atoms with Gasteiger partial charge in [-0.25, -0.2) is 0 Å². The summed E-state index contributed by atoms with van der Waals surface area (Å²) in [5.74, 6) is 0.823. The minimum atomic E-state index is 0.486. The molecule has 1 aromatic rings. The molecule has 1 aliphatic heterocycles. The van der Waals surface area contributed by atoms with Crippen LogP contribution >= 0.6 is 12.2 Å². The quantitative estimate of drug-likeness (QED) is 0.814. The van der Waals surface area contributed by atoms with E-state index in [0.717, 1.165) is 18.0 Å². The number of rotatable bonds is 5. The lowest BCUT2D eigenvalue weighted by molar-refractivity contribution is 0.116. The highest BCUT2D eigenvalue weighted by molar-refractivity contribution is 7.80. The van der Waals surface area contributed by atoms with Gasteiger partial charge in [0.2, 0.25) is 0 Å². The highest BCUT2D eigenvalue weighted by Crippen LogP contribution is 2.19. The number of piperidine rings is 1. The van der Waals surface area contributed by atoms with Crippen molar-refractivity contribution in [3.05, 3.63) is 24.3 Å². The first-order valence-electron chi connectivity index (χ1n) is 8.05. The number of anilines is 1. The van der Waals surface area contributed by atoms with Gasteiger partial charge in [0.1, 0.15) is 5.75 Å². The second-order valence-corrected chi connectivity index (χ2v) is 6.41. The summed E-state index contributed by atoms with van der Waals surface area (Å²) >= 11 is 5.38. The van der Waals surface area contributed by atoms with Crippen molar-refractivity contribution in [2.45, 2.75) is 45.2 Å². The fourth-order valence-electron chi connectivity index (χ4n) is 3.01. The highest BCUT2D eigenvalue weighted by atomic mass is 32.1. The lowest BCUT2D eigenvalue weighted by atomic mass is 10.0. The van der Waals surface area contributed by atoms with E-state index >= 15 is 0 Å². The zero-order chi connectivity index (χ0) is 15.9. The van der Waals surface area contributed by atoms with Gasteiger partial charge >= 0.3 is 0 Å². The summed E-state index contributed by atoms with van der Waals surface area (Å²) in [5.41, 5.74) is 0.941. The zero-order valence-electron chi connectivity index (χ0n) is 13.8. The van der Waals surface area contributed by atoms with Crippen LogP contribution in [-0.4, -0.2) is 42.3 Å². The van der Waals surface area contributed by atoms with E-state index in [4.69, 9.17) is 17.0 Å². The molecule has 2 rings (SSSR count). The topological polar surface area (TPSA) is 36.5 Å². The lowest BCUT2D eigenvalue weighted by Crippen LogP contribution is -2.48. The number of thiocarbonyl (C=S) groups is 1. The molecule has 1 aliphatic rings. The van der Waals surface area contributed by atoms with E-state index < -0.39 is 0 Å². The predicted molar refractivity (Wildman–Crippen MR) is 96.7 cm³/mol. The largest absolute Gasteiger partial charge is 0.497 e. The molecule has 0 saturated carbocycles. The van der Waals surface area contributed by atoms with Crippen molar-refractivity contribution in [3.63, 3.8) is 0 Å². The van der Waals surface area contributed by atoms with Crippen LogP contribution in [0.25, 0.3) is 0 Å². The van der Waals surface area contributed by atoms with Crippen LogP contribution in [0.15, 0.2) is 24.3 Å². The van der Waals surface area contributed by atoms with Gasteiger partial charge in [-0.2, -0.15) is 0 Å². The van der Waals surface area contributed by atoms with Crippen LogP contribution in [0.5, 0.6) is 5.75 Å². The van der Waals surface area contributed by atoms with Crippen molar-refractivity contribution in [2.75, 3.05) is 25.5 Å². The van der Waals surface area contributed by atoms with E-state index in [1.807, 2.05) is 24.3 Å². The van der Waals surface area contributed by atoms with Crippen LogP contribution in [0.1, 0.15) is 33.1 Å². The van der Waals surface area contributed by atoms with Gasteiger partial charge in [-0.15, -0.1) is 0 Å². The molecule has 22 heavy (non-hydrogen) atoms. The molecule has 1 aromatic carbocycles. The first-order chi connectivity index (χ1) is 10.6. The third-order valence-electron chi connectivity index (χ3n) is 4.31. The summed E-state index contributed by atoms with van der Waals surface area (Å²) in [7, 11) is 1.66. The van der Waals surface area contributed by atoms with E-state index in [1.54, 1.807) is 7.11 Å². The van der Waals surface area contributed by atoms with Crippen LogP contribution in [0.3, 0.4) is 0 Å². The van der Waals surface area contributed by atoms with E-state index in [0.29, 0.717) is 17.2 Å². The highest BCUT2D eigenvalue weighted by Gasteiger charge is 2.22. The molecule has 1 saturated heterocycles. The monoisotopic (exact) mass is 321 g/mol. The summed E-state index contributed by atoms with van der Waals surface area (Å²) in [4.78, 5) is 2.57. The molecule has 1 fully saturated rings. The van der Waals surface area contributed by atoms with Crippen molar-refractivity contribution < 1.29 is 4.74 Å². The van der Waals surface area contributed by atoms with Gasteiger partial charge < -0.3 is 15.4 Å². The molecule has 0 unspecified atom stereocenters. The molecule has 0 radical (unpaired) electrons. The normalized spacial score (nSPS) is 20.2. The molecular weight excluding hydrogens is 294 g/mol. The molecule has 0 aromatic heterocycles. The van der Waals surface area contributed by atoms with Gasteiger partial charge in [0.15, 0.2) is 5.11 Å². The molecule has 0 amide bonds. The Bertz CT molecular complexity index is 495. The number of nitrogens with zero attached hydrogens (tertiary/aromatic N) is 1. The Balaban J connectivity index is 1.79. The molecule has 1 heterocycles. The van der Waals surface area contributed by atoms with Crippen LogP contribution in [0.2, 0.25) is 0 Å². The molecule has 2 N–H and O–H groups in total. The first kappa shape index (κ1) is 17.0. The van der Waals surface area contributed by atoms with E-state index in [9.17, 15) is 0 Å². The summed E-state index contributed by atoms with van der Waals surface area (Å²) in [6.45, 7) is 6.64. The average molecular weight is 321 g/mol. The van der Waals surface area contributed by atoms with E-state index in [1.165, 1.54) is 25.8 Å². The zero-order valence-corrected chi connectivity index (χ0v) is 14.6. The van der Waals surface area contributed by atoms with Gasteiger partial charge in [0.25, 0.3) is 0 Å². The number of ether oxygens (including phenoxy) is 1. The van der Waals surface area contributed by atoms with Crippen molar-refractivity contribution in [1.29, 1.82) is 0 Å². The maximum atomic E-state index is 5.38. The van der Waals surface area contributed by atoms with E-state index in [2.05, 4.69) is 29.4 Å². The van der Waals surface area contributed by atoms with Crippen LogP contribution in [0.4, 0.5) is 5.69 Å². The number of hydrogen-bond acceptors (Lipinski definition) is 3. The Morgan fingerprint density at radius 3 is 3.00 bits per heavy atom. The fraction of sp³-hybridized carbons (Fsp3) is 0.588. The van der Waals surface area contributed by atoms with Crippen molar-refractivity contribution in [3.8, 4) is 5.75 Å². The third-order valence-corrected chi connectivity index (χ3v) is 4.55. The van der Waals surface area contributed by atoms with E-state index in [-0.39, 0.29) is 0 Å². The molecule has 0 aliphatic carbocycles. The molecule has 5 heteroatoms. The fourth-order valence-corrected chi connectivity index (χ4v) is 3.21. The lowest BCUT2D eigenvalue weighted by Gasteiger charge is -2.38. The first-order valence-corrected chi connectivity index (χ1v) is 8.45. The van der Waals surface area contributed by atoms with Gasteiger partial charge in [-0.3, -0.25) is 4.90 Å². The Kier molecular flexibility index (Phi) is 6.46. The number of hydrogen-bond donors (Lipinski definition) is 2. The third kappa shape index (κ3) is 4.85. The summed E-state index contributed by atoms with van der Waals surface area (Å²) in [5, 5.41) is 7.19. The average Bonchev–Trinajstić information content (AvgIpc) is 2.53. The number of likely N-dealkylation sites (tertiary alicyclic amines) is 1. The smallest absolute Gasteiger partial charge is 0.170 e. The summed E-state index contributed by atoms with van der Waals surface area (Å²) in [6.07, 6.45) is 3.96. The minimum Gasteiger partial charge on any atom is -0.497 e. The summed E-state index contributed by atoms with van der Waals surface area (Å²) in [6, 6.07) is 8.94. The van der Waals surface area contributed by atoms with Gasteiger partial charge in [-0.05, 0) is 57.6 Å². The van der Waals surface area contributed by atoms with Crippen LogP contribution in [-0.2, 0) is 0 Å². The van der Waals surface area contributed by atoms with Crippen molar-refractivity contribution in [1.82, 2.24) is 10.2 Å². The maximum absolute atomic E-state index is 5.38. The van der Waals surface area contributed by atoms with Gasteiger partial charge in [0, 0.05) is 30.4 Å². The van der Waals surface area contributed by atoms with Crippen LogP contribution in [0, 0.1) is 0 Å². The summed E-state index contributed by atoms with van der Waals surface area (Å²) < 4.78 is 5.22. The SMILES string of the molecule is COc1cccc(NC(=S)NC[C@H](C)N2CCCC[C@@H]2C)c1. The number of nitrogens with one attached hydrogen (secondary N) is 2. The van der Waals surface area contributed by atoms with Crippen molar-refractivity contribution in [2.24, 2.45) is 0 Å². The van der Waals surface area contributed by atoms with Gasteiger partial charge in [-0.1, -0.05) is 12.5 Å². The standard InChI is InChI=1S/C17H27N3OS/c1-13-7-4-5-10-20(13)14(2)12-18-17(22)19-15-8-6-9-16(11-15)21-3/h6,8-9,11,13-14H,4-5,7,10,12H2,1-3H3,(H2,18,19,22)/t13-,14-/m0/s1. The molecule has 4 nitrogen and oxygen atoms in total. The predicted octanol–water partition coefficient (Wildman–Crippen LogP) is 3.24.